The predicted molar refractivity (Wildman–Crippen MR) is 222 cm³/mol. The van der Waals surface area contributed by atoms with Crippen LogP contribution in [-0.4, -0.2) is 78.8 Å². The molecule has 5 atom stereocenters. The molecule has 0 spiro atoms. The highest BCUT2D eigenvalue weighted by Crippen LogP contribution is 2.52. The van der Waals surface area contributed by atoms with Crippen LogP contribution in [0.25, 0.3) is 16.6 Å². The normalized spacial score (nSPS) is 22.2. The molecule has 4 amide bonds. The maximum absolute atomic E-state index is 14.7. The quantitative estimate of drug-likeness (QED) is 0.155. The van der Waals surface area contributed by atoms with Gasteiger partial charge in [-0.05, 0) is 73.4 Å². The van der Waals surface area contributed by atoms with Crippen LogP contribution in [0.2, 0.25) is 0 Å². The maximum Gasteiger partial charge on any atom is 0.407 e. The van der Waals surface area contributed by atoms with Gasteiger partial charge in [0.05, 0.1) is 40.3 Å². The van der Waals surface area contributed by atoms with E-state index in [1.807, 2.05) is 56.3 Å². The fourth-order valence-corrected chi connectivity index (χ4v) is 8.84. The van der Waals surface area contributed by atoms with Gasteiger partial charge >= 0.3 is 6.09 Å². The molecule has 3 aromatic carbocycles. The second kappa shape index (κ2) is 16.8. The van der Waals surface area contributed by atoms with Crippen LogP contribution in [0.4, 0.5) is 4.79 Å². The molecule has 0 saturated carbocycles. The largest absolute Gasteiger partial charge is 0.445 e. The summed E-state index contributed by atoms with van der Waals surface area (Å²) < 4.78 is 6.74. The Balaban J connectivity index is 0.00000528. The van der Waals surface area contributed by atoms with Crippen LogP contribution in [-0.2, 0) is 20.9 Å². The first kappa shape index (κ1) is 41.3. The summed E-state index contributed by atoms with van der Waals surface area (Å²) in [6.07, 6.45) is 5.07. The molecule has 8 rings (SSSR count). The van der Waals surface area contributed by atoms with Crippen molar-refractivity contribution in [2.75, 3.05) is 6.54 Å². The minimum absolute atomic E-state index is 0. The number of ether oxygens (including phenoxy) is 1. The number of alkyl carbamates (subject to hydrolysis) is 1. The fraction of sp³-hybridized carbons (Fsp3) is 0.364. The number of amides is 4. The molecule has 4 heterocycles. The minimum Gasteiger partial charge on any atom is -0.445 e. The van der Waals surface area contributed by atoms with Gasteiger partial charge in [0.25, 0.3) is 11.5 Å². The van der Waals surface area contributed by atoms with Crippen molar-refractivity contribution < 1.29 is 29.0 Å². The number of nitrogens with zero attached hydrogens (tertiary/aromatic N) is 4. The summed E-state index contributed by atoms with van der Waals surface area (Å²) in [6.45, 7) is 4.19. The van der Waals surface area contributed by atoms with E-state index in [9.17, 15) is 29.1 Å². The molecule has 1 saturated heterocycles. The molecular formula is C44H48ClN7O7. The average molecular weight is 822 g/mol. The molecule has 5 N–H and O–H groups in total. The van der Waals surface area contributed by atoms with Crippen LogP contribution in [0.15, 0.2) is 107 Å². The number of nitrogens with two attached hydrogens (primary N) is 1. The lowest BCUT2D eigenvalue weighted by Gasteiger charge is -2.40. The Morgan fingerprint density at radius 1 is 1.03 bits per heavy atom. The lowest BCUT2D eigenvalue weighted by atomic mass is 9.89. The first-order chi connectivity index (χ1) is 28.0. The Bertz CT molecular complexity index is 2420. The predicted octanol–water partition coefficient (Wildman–Crippen LogP) is 4.78. The molecule has 1 aromatic heterocycles. The molecular weight excluding hydrogens is 774 g/mol. The zero-order valence-electron chi connectivity index (χ0n) is 32.9. The molecule has 14 nitrogen and oxygen atoms in total. The number of aromatic nitrogens is 2. The van der Waals surface area contributed by atoms with Crippen molar-refractivity contribution in [2.24, 2.45) is 11.7 Å². The first-order valence-electron chi connectivity index (χ1n) is 19.9. The summed E-state index contributed by atoms with van der Waals surface area (Å²) in [4.78, 5) is 77.5. The van der Waals surface area contributed by atoms with Crippen LogP contribution in [0.1, 0.15) is 80.2 Å². The molecule has 0 radical (unpaired) electrons. The van der Waals surface area contributed by atoms with E-state index < -0.39 is 47.9 Å². The molecule has 3 aliphatic heterocycles. The van der Waals surface area contributed by atoms with Crippen molar-refractivity contribution in [3.8, 4) is 5.69 Å². The molecule has 0 bridgehead atoms. The van der Waals surface area contributed by atoms with Crippen LogP contribution < -0.4 is 21.9 Å². The number of aliphatic hydroxyl groups is 1. The summed E-state index contributed by atoms with van der Waals surface area (Å²) >= 11 is 0. The third kappa shape index (κ3) is 7.40. The topological polar surface area (TPSA) is 189 Å². The van der Waals surface area contributed by atoms with Gasteiger partial charge in [-0.25, -0.2) is 9.78 Å². The average Bonchev–Trinajstić information content (AvgIpc) is 3.54. The zero-order valence-corrected chi connectivity index (χ0v) is 33.7. The summed E-state index contributed by atoms with van der Waals surface area (Å²) in [5.41, 5.74) is 9.20. The van der Waals surface area contributed by atoms with Crippen molar-refractivity contribution in [1.82, 2.24) is 30.0 Å². The third-order valence-electron chi connectivity index (χ3n) is 11.5. The van der Waals surface area contributed by atoms with E-state index in [-0.39, 0.29) is 73.6 Å². The highest BCUT2D eigenvalue weighted by Gasteiger charge is 2.66. The van der Waals surface area contributed by atoms with E-state index in [0.29, 0.717) is 47.0 Å². The van der Waals surface area contributed by atoms with Crippen molar-refractivity contribution in [2.45, 2.75) is 89.0 Å². The Morgan fingerprint density at radius 3 is 2.54 bits per heavy atom. The maximum atomic E-state index is 14.7. The van der Waals surface area contributed by atoms with E-state index in [1.54, 1.807) is 48.5 Å². The van der Waals surface area contributed by atoms with Crippen molar-refractivity contribution in [1.29, 1.82) is 0 Å². The van der Waals surface area contributed by atoms with Gasteiger partial charge in [0, 0.05) is 18.5 Å². The lowest BCUT2D eigenvalue weighted by Crippen LogP contribution is -2.60. The summed E-state index contributed by atoms with van der Waals surface area (Å²) in [7, 11) is 0. The van der Waals surface area contributed by atoms with Gasteiger partial charge in [-0.3, -0.25) is 33.5 Å². The second-order valence-corrected chi connectivity index (χ2v) is 15.7. The molecule has 4 aromatic rings. The Morgan fingerprint density at radius 2 is 1.76 bits per heavy atom. The summed E-state index contributed by atoms with van der Waals surface area (Å²) in [6, 6.07) is 19.4. The number of carbonyl (C=O) groups is 4. The number of allylic oxidation sites excluding steroid dienone is 1. The zero-order chi connectivity index (χ0) is 40.7. The summed E-state index contributed by atoms with van der Waals surface area (Å²) in [5, 5.41) is 19.4. The monoisotopic (exact) mass is 821 g/mol. The SMILES string of the molecule is CC(C)CC1C(=O)N2C3CCC=CC3=C(CC3NC(=O)c4ccccc4-n4c3nc3ccccc3c4=O)C2(O)N1C(=O)C(N)CCCNC(=O)OCc1ccccc1.Cl. The van der Waals surface area contributed by atoms with E-state index in [4.69, 9.17) is 15.5 Å². The molecule has 1 aliphatic carbocycles. The van der Waals surface area contributed by atoms with Gasteiger partial charge in [-0.1, -0.05) is 80.6 Å². The van der Waals surface area contributed by atoms with Gasteiger partial charge in [-0.2, -0.15) is 0 Å². The van der Waals surface area contributed by atoms with E-state index in [2.05, 4.69) is 10.6 Å². The number of nitrogens with one attached hydrogen (secondary N) is 2. The third-order valence-corrected chi connectivity index (χ3v) is 11.5. The van der Waals surface area contributed by atoms with Crippen LogP contribution in [0.3, 0.4) is 0 Å². The highest BCUT2D eigenvalue weighted by molar-refractivity contribution is 5.99. The standard InChI is InChI=1S/C44H47N7O7.ClH/c1-26(2)23-37-42(55)50-36-21-11-7-15-28(36)31(44(50,57)51(37)41(54)32(45)18-12-22-46-43(56)58-25-27-13-4-3-5-14-27)24-34-38-47-33-19-9-6-16-29(33)40(53)49(38)35-20-10-8-17-30(35)39(52)48-34;/h3-10,13-17,19-20,26,32,34,36-37,57H,11-12,18,21-25,45H2,1-2H3,(H,46,56)(H,48,52);1H. The molecule has 1 fully saturated rings. The molecule has 4 aliphatic rings. The van der Waals surface area contributed by atoms with E-state index in [1.165, 1.54) is 14.4 Å². The minimum atomic E-state index is -2.23. The lowest BCUT2D eigenvalue weighted by molar-refractivity contribution is -0.176. The van der Waals surface area contributed by atoms with Crippen LogP contribution >= 0.6 is 12.4 Å². The van der Waals surface area contributed by atoms with Gasteiger partial charge in [0.1, 0.15) is 18.5 Å². The van der Waals surface area contributed by atoms with Crippen LogP contribution in [0, 0.1) is 5.92 Å². The van der Waals surface area contributed by atoms with E-state index >= 15 is 0 Å². The first-order valence-corrected chi connectivity index (χ1v) is 19.9. The number of fused-ring (bicyclic) bond motifs is 7. The van der Waals surface area contributed by atoms with Gasteiger partial charge < -0.3 is 26.2 Å². The van der Waals surface area contributed by atoms with E-state index in [0.717, 1.165) is 5.56 Å². The molecule has 308 valence electrons. The van der Waals surface area contributed by atoms with Crippen molar-refractivity contribution >= 4 is 47.1 Å². The summed E-state index contributed by atoms with van der Waals surface area (Å²) in [5.74, 6) is -3.44. The molecule has 5 unspecified atom stereocenters. The number of para-hydroxylation sites is 2. The van der Waals surface area contributed by atoms with Crippen LogP contribution in [0.5, 0.6) is 0 Å². The Hall–Kier alpha value is -5.83. The highest BCUT2D eigenvalue weighted by atomic mass is 35.5. The van der Waals surface area contributed by atoms with Gasteiger partial charge in [0.15, 0.2) is 0 Å². The smallest absolute Gasteiger partial charge is 0.407 e. The molecule has 15 heteroatoms. The number of hydrogen-bond donors (Lipinski definition) is 4. The second-order valence-electron chi connectivity index (χ2n) is 15.7. The number of hydrogen-bond acceptors (Lipinski definition) is 9. The number of rotatable bonds is 11. The van der Waals surface area contributed by atoms with Crippen molar-refractivity contribution in [3.63, 3.8) is 0 Å². The number of benzene rings is 3. The fourth-order valence-electron chi connectivity index (χ4n) is 8.84. The molecule has 59 heavy (non-hydrogen) atoms. The Kier molecular flexibility index (Phi) is 11.8. The number of carbonyl (C=O) groups excluding carboxylic acids is 4. The van der Waals surface area contributed by atoms with Gasteiger partial charge in [-0.15, -0.1) is 12.4 Å². The van der Waals surface area contributed by atoms with Gasteiger partial charge in [0.2, 0.25) is 17.7 Å². The Labute approximate surface area is 347 Å². The number of halogens is 1. The van der Waals surface area contributed by atoms with Crippen molar-refractivity contribution in [3.05, 3.63) is 129 Å².